The molecule has 0 saturated heterocycles. The van der Waals surface area contributed by atoms with Crippen LogP contribution >= 0.6 is 0 Å². The number of carbonyl (C=O) groups excluding carboxylic acids is 1. The minimum absolute atomic E-state index is 0.0174. The number of nitrogens with zero attached hydrogens (tertiary/aromatic N) is 3. The van der Waals surface area contributed by atoms with Gasteiger partial charge in [-0.3, -0.25) is 4.79 Å². The minimum Gasteiger partial charge on any atom is -0.480 e. The highest BCUT2D eigenvalue weighted by atomic mass is 19.1. The molecule has 1 atom stereocenters. The van der Waals surface area contributed by atoms with Crippen molar-refractivity contribution in [1.29, 1.82) is 0 Å². The van der Waals surface area contributed by atoms with Gasteiger partial charge in [-0.05, 0) is 30.2 Å². The molecular weight excluding hydrogens is 291 g/mol. The van der Waals surface area contributed by atoms with E-state index < -0.39 is 23.7 Å². The third kappa shape index (κ3) is 3.46. The molecule has 0 radical (unpaired) electrons. The quantitative estimate of drug-likeness (QED) is 0.866. The van der Waals surface area contributed by atoms with E-state index in [9.17, 15) is 14.0 Å². The Kier molecular flexibility index (Phi) is 4.50. The lowest BCUT2D eigenvalue weighted by Crippen LogP contribution is -2.44. The van der Waals surface area contributed by atoms with Gasteiger partial charge in [0.15, 0.2) is 5.69 Å². The topological polar surface area (TPSA) is 97.1 Å². The Labute approximate surface area is 125 Å². The number of rotatable bonds is 5. The zero-order valence-corrected chi connectivity index (χ0v) is 12.0. The van der Waals surface area contributed by atoms with Gasteiger partial charge in [-0.15, -0.1) is 5.10 Å². The number of carbonyl (C=O) groups is 2. The van der Waals surface area contributed by atoms with Gasteiger partial charge >= 0.3 is 5.97 Å². The largest absolute Gasteiger partial charge is 0.480 e. The molecule has 8 heteroatoms. The number of halogens is 1. The Morgan fingerprint density at radius 2 is 1.91 bits per heavy atom. The molecule has 0 spiro atoms. The van der Waals surface area contributed by atoms with Crippen LogP contribution in [0.3, 0.4) is 0 Å². The van der Waals surface area contributed by atoms with E-state index in [2.05, 4.69) is 15.5 Å². The van der Waals surface area contributed by atoms with Gasteiger partial charge < -0.3 is 10.4 Å². The molecule has 0 fully saturated rings. The van der Waals surface area contributed by atoms with Crippen LogP contribution in [-0.2, 0) is 4.79 Å². The summed E-state index contributed by atoms with van der Waals surface area (Å²) in [7, 11) is 0. The van der Waals surface area contributed by atoms with Crippen LogP contribution < -0.4 is 5.32 Å². The Bertz CT molecular complexity index is 682. The van der Waals surface area contributed by atoms with Gasteiger partial charge in [0.2, 0.25) is 0 Å². The number of carboxylic acid groups (broad SMARTS) is 1. The van der Waals surface area contributed by atoms with E-state index in [1.165, 1.54) is 35.3 Å². The number of hydrogen-bond acceptors (Lipinski definition) is 4. The fourth-order valence-electron chi connectivity index (χ4n) is 1.79. The highest BCUT2D eigenvalue weighted by molar-refractivity contribution is 5.94. The average molecular weight is 306 g/mol. The SMILES string of the molecule is CC(C)[C@H](NC(=O)c1cnn(-c2ccc(F)cc2)n1)C(=O)O. The molecule has 0 unspecified atom stereocenters. The molecule has 0 aliphatic rings. The van der Waals surface area contributed by atoms with Gasteiger partial charge in [-0.1, -0.05) is 13.8 Å². The molecule has 1 aromatic heterocycles. The normalized spacial score (nSPS) is 12.2. The Balaban J connectivity index is 2.15. The molecular formula is C14H15FN4O3. The molecule has 1 aromatic carbocycles. The summed E-state index contributed by atoms with van der Waals surface area (Å²) < 4.78 is 12.9. The molecule has 7 nitrogen and oxygen atoms in total. The summed E-state index contributed by atoms with van der Waals surface area (Å²) in [6.45, 7) is 3.38. The summed E-state index contributed by atoms with van der Waals surface area (Å²) in [5, 5.41) is 19.3. The fraction of sp³-hybridized carbons (Fsp3) is 0.286. The number of benzene rings is 1. The zero-order chi connectivity index (χ0) is 16.3. The molecule has 2 rings (SSSR count). The van der Waals surface area contributed by atoms with Gasteiger partial charge in [0, 0.05) is 0 Å². The first-order valence-electron chi connectivity index (χ1n) is 6.60. The van der Waals surface area contributed by atoms with E-state index in [-0.39, 0.29) is 11.6 Å². The van der Waals surface area contributed by atoms with Crippen molar-refractivity contribution >= 4 is 11.9 Å². The maximum absolute atomic E-state index is 12.9. The molecule has 0 aliphatic carbocycles. The summed E-state index contributed by atoms with van der Waals surface area (Å²) in [6, 6.07) is 4.41. The zero-order valence-electron chi connectivity index (χ0n) is 12.0. The van der Waals surface area contributed by atoms with E-state index in [4.69, 9.17) is 5.11 Å². The molecule has 1 amide bonds. The van der Waals surface area contributed by atoms with Crippen molar-refractivity contribution in [3.8, 4) is 5.69 Å². The monoisotopic (exact) mass is 306 g/mol. The minimum atomic E-state index is -1.12. The van der Waals surface area contributed by atoms with Crippen molar-refractivity contribution in [2.75, 3.05) is 0 Å². The third-order valence-electron chi connectivity index (χ3n) is 3.00. The smallest absolute Gasteiger partial charge is 0.326 e. The van der Waals surface area contributed by atoms with Crippen molar-refractivity contribution in [2.45, 2.75) is 19.9 Å². The molecule has 1 heterocycles. The standard InChI is InChI=1S/C14H15FN4O3/c1-8(2)12(14(21)22)17-13(20)11-7-16-19(18-11)10-5-3-9(15)4-6-10/h3-8,12H,1-2H3,(H,17,20)(H,21,22)/t12-/m0/s1. The second-order valence-electron chi connectivity index (χ2n) is 5.03. The predicted molar refractivity (Wildman–Crippen MR) is 75.0 cm³/mol. The van der Waals surface area contributed by atoms with Crippen LogP contribution in [0.15, 0.2) is 30.5 Å². The van der Waals surface area contributed by atoms with Crippen LogP contribution in [0.25, 0.3) is 5.69 Å². The molecule has 0 bridgehead atoms. The van der Waals surface area contributed by atoms with E-state index in [1.807, 2.05) is 0 Å². The van der Waals surface area contributed by atoms with E-state index in [0.717, 1.165) is 0 Å². The lowest BCUT2D eigenvalue weighted by Gasteiger charge is -2.16. The molecule has 0 aliphatic heterocycles. The summed E-state index contributed by atoms with van der Waals surface area (Å²) in [4.78, 5) is 24.3. The van der Waals surface area contributed by atoms with Crippen LogP contribution in [0.4, 0.5) is 4.39 Å². The molecule has 0 saturated carbocycles. The summed E-state index contributed by atoms with van der Waals surface area (Å²) in [5.74, 6) is -2.41. The average Bonchev–Trinajstić information content (AvgIpc) is 2.94. The first-order chi connectivity index (χ1) is 10.4. The van der Waals surface area contributed by atoms with Crippen molar-refractivity contribution in [1.82, 2.24) is 20.3 Å². The number of aliphatic carboxylic acids is 1. The van der Waals surface area contributed by atoms with E-state index in [1.54, 1.807) is 13.8 Å². The molecule has 2 aromatic rings. The number of nitrogens with one attached hydrogen (secondary N) is 1. The maximum Gasteiger partial charge on any atom is 0.326 e. The van der Waals surface area contributed by atoms with Crippen LogP contribution in [-0.4, -0.2) is 38.0 Å². The van der Waals surface area contributed by atoms with Crippen LogP contribution in [0, 0.1) is 11.7 Å². The lowest BCUT2D eigenvalue weighted by atomic mass is 10.0. The van der Waals surface area contributed by atoms with E-state index >= 15 is 0 Å². The first-order valence-corrected chi connectivity index (χ1v) is 6.60. The van der Waals surface area contributed by atoms with Gasteiger partial charge in [0.1, 0.15) is 11.9 Å². The Morgan fingerprint density at radius 1 is 1.27 bits per heavy atom. The number of aromatic nitrogens is 3. The summed E-state index contributed by atoms with van der Waals surface area (Å²) in [5.41, 5.74) is 0.468. The van der Waals surface area contributed by atoms with Crippen molar-refractivity contribution in [2.24, 2.45) is 5.92 Å². The van der Waals surface area contributed by atoms with Crippen LogP contribution in [0.2, 0.25) is 0 Å². The number of hydrogen-bond donors (Lipinski definition) is 2. The second-order valence-corrected chi connectivity index (χ2v) is 5.03. The maximum atomic E-state index is 12.9. The van der Waals surface area contributed by atoms with Crippen molar-refractivity contribution in [3.63, 3.8) is 0 Å². The fourth-order valence-corrected chi connectivity index (χ4v) is 1.79. The van der Waals surface area contributed by atoms with Gasteiger partial charge in [-0.25, -0.2) is 9.18 Å². The lowest BCUT2D eigenvalue weighted by molar-refractivity contribution is -0.140. The molecule has 22 heavy (non-hydrogen) atoms. The summed E-state index contributed by atoms with van der Waals surface area (Å²) >= 11 is 0. The van der Waals surface area contributed by atoms with Crippen molar-refractivity contribution in [3.05, 3.63) is 42.0 Å². The summed E-state index contributed by atoms with van der Waals surface area (Å²) in [6.07, 6.45) is 1.22. The first kappa shape index (κ1) is 15.6. The molecule has 2 N–H and O–H groups in total. The third-order valence-corrected chi connectivity index (χ3v) is 3.00. The van der Waals surface area contributed by atoms with Gasteiger partial charge in [-0.2, -0.15) is 9.90 Å². The highest BCUT2D eigenvalue weighted by Gasteiger charge is 2.25. The molecule has 116 valence electrons. The van der Waals surface area contributed by atoms with Crippen LogP contribution in [0.5, 0.6) is 0 Å². The Morgan fingerprint density at radius 3 is 2.45 bits per heavy atom. The highest BCUT2D eigenvalue weighted by Crippen LogP contribution is 2.08. The number of amides is 1. The number of carboxylic acids is 1. The van der Waals surface area contributed by atoms with Crippen LogP contribution in [0.1, 0.15) is 24.3 Å². The van der Waals surface area contributed by atoms with Crippen molar-refractivity contribution < 1.29 is 19.1 Å². The predicted octanol–water partition coefficient (Wildman–Crippen LogP) is 1.25. The van der Waals surface area contributed by atoms with Gasteiger partial charge in [0.25, 0.3) is 5.91 Å². The van der Waals surface area contributed by atoms with Gasteiger partial charge in [0.05, 0.1) is 11.9 Å². The van der Waals surface area contributed by atoms with E-state index in [0.29, 0.717) is 5.69 Å². The second kappa shape index (κ2) is 6.33. The Hall–Kier alpha value is -2.77.